The largest absolute Gasteiger partial charge is 0.466 e. The average Bonchev–Trinajstić information content (AvgIpc) is 2.65. The predicted molar refractivity (Wildman–Crippen MR) is 115 cm³/mol. The standard InChI is InChI=1S/C24H48O2/c1-3-5-6-7-8-9-10-11-12-13-14-15-16-17-18-19-20-21-22-24(25)26-23-4-2/h3-23H2,1-2H3. The first kappa shape index (κ1) is 25.5. The fraction of sp³-hybridized carbons (Fsp3) is 0.958. The zero-order valence-corrected chi connectivity index (χ0v) is 18.2. The summed E-state index contributed by atoms with van der Waals surface area (Å²) in [5, 5.41) is 0. The SMILES string of the molecule is CCCCCCCCCCCCCCCCCCCCC(=O)OCCC. The van der Waals surface area contributed by atoms with E-state index < -0.39 is 0 Å². The van der Waals surface area contributed by atoms with Crippen molar-refractivity contribution in [3.05, 3.63) is 0 Å². The molecule has 0 rings (SSSR count). The van der Waals surface area contributed by atoms with Crippen molar-refractivity contribution in [3.8, 4) is 0 Å². The zero-order chi connectivity index (χ0) is 19.1. The molecular weight excluding hydrogens is 320 g/mol. The van der Waals surface area contributed by atoms with Crippen LogP contribution in [0.15, 0.2) is 0 Å². The van der Waals surface area contributed by atoms with E-state index in [1.165, 1.54) is 109 Å². The first-order valence-electron chi connectivity index (χ1n) is 12.0. The molecule has 0 aliphatic heterocycles. The summed E-state index contributed by atoms with van der Waals surface area (Å²) < 4.78 is 5.09. The monoisotopic (exact) mass is 368 g/mol. The molecule has 0 aliphatic carbocycles. The molecule has 0 bridgehead atoms. The summed E-state index contributed by atoms with van der Waals surface area (Å²) in [4.78, 5) is 11.4. The molecule has 0 saturated heterocycles. The Kier molecular flexibility index (Phi) is 22.1. The van der Waals surface area contributed by atoms with E-state index >= 15 is 0 Å². The van der Waals surface area contributed by atoms with Crippen LogP contribution in [0, 0.1) is 0 Å². The Balaban J connectivity index is 3.04. The third-order valence-corrected chi connectivity index (χ3v) is 5.20. The van der Waals surface area contributed by atoms with Gasteiger partial charge in [-0.2, -0.15) is 0 Å². The van der Waals surface area contributed by atoms with Crippen molar-refractivity contribution in [3.63, 3.8) is 0 Å². The predicted octanol–water partition coefficient (Wildman–Crippen LogP) is 8.37. The maximum atomic E-state index is 11.4. The van der Waals surface area contributed by atoms with Gasteiger partial charge in [0.2, 0.25) is 0 Å². The Bertz CT molecular complexity index is 275. The van der Waals surface area contributed by atoms with Gasteiger partial charge in [-0.15, -0.1) is 0 Å². The fourth-order valence-electron chi connectivity index (χ4n) is 3.46. The van der Waals surface area contributed by atoms with Gasteiger partial charge in [-0.05, 0) is 12.8 Å². The Morgan fingerprint density at radius 3 is 1.19 bits per heavy atom. The summed E-state index contributed by atoms with van der Waals surface area (Å²) in [5.41, 5.74) is 0. The number of rotatable bonds is 21. The average molecular weight is 369 g/mol. The molecule has 0 spiro atoms. The van der Waals surface area contributed by atoms with Crippen LogP contribution in [-0.4, -0.2) is 12.6 Å². The number of unbranched alkanes of at least 4 members (excludes halogenated alkanes) is 17. The lowest BCUT2D eigenvalue weighted by molar-refractivity contribution is -0.143. The van der Waals surface area contributed by atoms with Gasteiger partial charge in [0.1, 0.15) is 0 Å². The zero-order valence-electron chi connectivity index (χ0n) is 18.2. The second kappa shape index (κ2) is 22.5. The molecule has 0 aromatic carbocycles. The minimum atomic E-state index is -0.0108. The third kappa shape index (κ3) is 21.5. The fourth-order valence-corrected chi connectivity index (χ4v) is 3.46. The van der Waals surface area contributed by atoms with E-state index in [4.69, 9.17) is 4.74 Å². The molecule has 2 nitrogen and oxygen atoms in total. The van der Waals surface area contributed by atoms with Crippen LogP contribution in [0.5, 0.6) is 0 Å². The van der Waals surface area contributed by atoms with Gasteiger partial charge in [-0.25, -0.2) is 0 Å². The Labute approximate surface area is 164 Å². The van der Waals surface area contributed by atoms with E-state index in [9.17, 15) is 4.79 Å². The Morgan fingerprint density at radius 1 is 0.500 bits per heavy atom. The van der Waals surface area contributed by atoms with E-state index in [0.717, 1.165) is 12.8 Å². The molecule has 0 N–H and O–H groups in total. The molecule has 0 aliphatic rings. The van der Waals surface area contributed by atoms with Crippen molar-refractivity contribution in [2.24, 2.45) is 0 Å². The second-order valence-corrected chi connectivity index (χ2v) is 7.98. The molecular formula is C24H48O2. The smallest absolute Gasteiger partial charge is 0.305 e. The highest BCUT2D eigenvalue weighted by Crippen LogP contribution is 2.14. The van der Waals surface area contributed by atoms with Crippen LogP contribution in [0.2, 0.25) is 0 Å². The third-order valence-electron chi connectivity index (χ3n) is 5.20. The van der Waals surface area contributed by atoms with Crippen molar-refractivity contribution in [1.82, 2.24) is 0 Å². The van der Waals surface area contributed by atoms with E-state index in [0.29, 0.717) is 13.0 Å². The minimum absolute atomic E-state index is 0.0108. The normalized spacial score (nSPS) is 11.0. The van der Waals surface area contributed by atoms with Gasteiger partial charge >= 0.3 is 5.97 Å². The summed E-state index contributed by atoms with van der Waals surface area (Å²) in [5.74, 6) is -0.0108. The van der Waals surface area contributed by atoms with Gasteiger partial charge in [-0.1, -0.05) is 123 Å². The molecule has 26 heavy (non-hydrogen) atoms. The molecule has 0 aromatic heterocycles. The summed E-state index contributed by atoms with van der Waals surface area (Å²) in [6, 6.07) is 0. The van der Waals surface area contributed by atoms with Crippen LogP contribution in [0.4, 0.5) is 0 Å². The van der Waals surface area contributed by atoms with Crippen molar-refractivity contribution < 1.29 is 9.53 Å². The number of carbonyl (C=O) groups is 1. The van der Waals surface area contributed by atoms with Crippen molar-refractivity contribution in [1.29, 1.82) is 0 Å². The van der Waals surface area contributed by atoms with Gasteiger partial charge in [-0.3, -0.25) is 4.79 Å². The second-order valence-electron chi connectivity index (χ2n) is 7.98. The first-order valence-corrected chi connectivity index (χ1v) is 12.0. The van der Waals surface area contributed by atoms with Crippen LogP contribution >= 0.6 is 0 Å². The highest BCUT2D eigenvalue weighted by Gasteiger charge is 2.01. The molecule has 0 amide bonds. The van der Waals surface area contributed by atoms with E-state index in [-0.39, 0.29) is 5.97 Å². The summed E-state index contributed by atoms with van der Waals surface area (Å²) in [6.45, 7) is 4.90. The molecule has 2 heteroatoms. The van der Waals surface area contributed by atoms with Crippen LogP contribution in [0.3, 0.4) is 0 Å². The summed E-state index contributed by atoms with van der Waals surface area (Å²) in [6.07, 6.45) is 26.3. The molecule has 0 aromatic rings. The maximum absolute atomic E-state index is 11.4. The van der Waals surface area contributed by atoms with Crippen molar-refractivity contribution >= 4 is 5.97 Å². The van der Waals surface area contributed by atoms with E-state index in [1.54, 1.807) is 0 Å². The highest BCUT2D eigenvalue weighted by molar-refractivity contribution is 5.69. The van der Waals surface area contributed by atoms with Crippen LogP contribution in [0.25, 0.3) is 0 Å². The van der Waals surface area contributed by atoms with Crippen molar-refractivity contribution in [2.45, 2.75) is 142 Å². The van der Waals surface area contributed by atoms with E-state index in [2.05, 4.69) is 6.92 Å². The van der Waals surface area contributed by atoms with Crippen LogP contribution in [0.1, 0.15) is 142 Å². The molecule has 0 atom stereocenters. The topological polar surface area (TPSA) is 26.3 Å². The lowest BCUT2D eigenvalue weighted by Gasteiger charge is -2.04. The van der Waals surface area contributed by atoms with Crippen molar-refractivity contribution in [2.75, 3.05) is 6.61 Å². The van der Waals surface area contributed by atoms with Gasteiger partial charge in [0.05, 0.1) is 6.61 Å². The molecule has 0 saturated carbocycles. The molecule has 156 valence electrons. The Hall–Kier alpha value is -0.530. The summed E-state index contributed by atoms with van der Waals surface area (Å²) in [7, 11) is 0. The first-order chi connectivity index (χ1) is 12.8. The number of ether oxygens (including phenoxy) is 1. The maximum Gasteiger partial charge on any atom is 0.305 e. The highest BCUT2D eigenvalue weighted by atomic mass is 16.5. The molecule has 0 fully saturated rings. The minimum Gasteiger partial charge on any atom is -0.466 e. The lowest BCUT2D eigenvalue weighted by atomic mass is 10.0. The van der Waals surface area contributed by atoms with Gasteiger partial charge in [0.25, 0.3) is 0 Å². The van der Waals surface area contributed by atoms with E-state index in [1.807, 2.05) is 6.92 Å². The van der Waals surface area contributed by atoms with Crippen LogP contribution < -0.4 is 0 Å². The van der Waals surface area contributed by atoms with Gasteiger partial charge < -0.3 is 4.74 Å². The number of esters is 1. The summed E-state index contributed by atoms with van der Waals surface area (Å²) >= 11 is 0. The van der Waals surface area contributed by atoms with Gasteiger partial charge in [0.15, 0.2) is 0 Å². The quantitative estimate of drug-likeness (QED) is 0.150. The van der Waals surface area contributed by atoms with Crippen LogP contribution in [-0.2, 0) is 9.53 Å². The molecule has 0 heterocycles. The number of hydrogen-bond acceptors (Lipinski definition) is 2. The van der Waals surface area contributed by atoms with Gasteiger partial charge in [0, 0.05) is 6.42 Å². The number of carbonyl (C=O) groups excluding carboxylic acids is 1. The Morgan fingerprint density at radius 2 is 0.846 bits per heavy atom. The number of hydrogen-bond donors (Lipinski definition) is 0. The molecule has 0 unspecified atom stereocenters. The lowest BCUT2D eigenvalue weighted by Crippen LogP contribution is -2.04. The molecule has 0 radical (unpaired) electrons.